The van der Waals surface area contributed by atoms with Gasteiger partial charge in [-0.25, -0.2) is 71.1 Å². The number of unbranched alkanes of at least 4 members (excludes halogenated alkanes) is 8. The van der Waals surface area contributed by atoms with Gasteiger partial charge in [-0.2, -0.15) is 23.6 Å². The Hall–Kier alpha value is -11.7. The number of aryl methyl sites for hydroxylation is 4. The van der Waals surface area contributed by atoms with Crippen molar-refractivity contribution in [1.82, 2.24) is 108 Å². The second kappa shape index (κ2) is 62.4. The molecule has 11 rings (SSSR count). The standard InChI is InChI=1S/C35H50N6O5.C17H20N6O4.C10H16O.C7H4N6O3.C6H6N6O2.2C2H4Cl2.2CO.Cl2/c1-5-6-7-8-9-10-11-12-13-14-15-16-17-18-19-20-30(42)41(35(45)46-25-28-21-23-29(24-22-28)27(2)3)33(43)31-32-37-38-39(4)34(44)40(32)26-36-31;1-10(2)12-6-4-11(5-7-12)8-27-16(25)19-15(24)13-14-20-21-22(3)17(26)23(14)9-18-13;1-8(2)10-5-3-9(7-11)4-6-10;1-12-7(16)13-2-8-4(5(13)10-11-12)6(15)9-3-14;1-11-6(14)12-2-8-3(4(7)13)5(12)9-10-11;2*3-1-2-4;3*1-2/h9-10,12-13,21,26,29H,2,5-8,11,14-20,22-25H2,1,3-4H3;4,9,12H,1,5-8H2,2-3H3,(H,19,24,25);3,10-11H,1,4-7H2,2H3;2H,1H3;2H,1H3,(H2,7,13);2*1-2H2;;;/b10-9-,13-12-;;;;;;;;;/t29-;12-;10-;;;;;;;/m111......./s1. The van der Waals surface area contributed by atoms with Crippen LogP contribution in [0.5, 0.6) is 0 Å². The average Bonchev–Trinajstić information content (AvgIpc) is 1.55. The number of imidazole rings is 4. The average molecular weight is 1900 g/mol. The fourth-order valence-corrected chi connectivity index (χ4v) is 11.8. The topological polar surface area (TPSA) is 529 Å². The van der Waals surface area contributed by atoms with Gasteiger partial charge in [0.2, 0.25) is 12.0 Å². The third-order valence-corrected chi connectivity index (χ3v) is 20.1. The van der Waals surface area contributed by atoms with E-state index in [9.17, 15) is 57.5 Å². The summed E-state index contributed by atoms with van der Waals surface area (Å²) in [6, 6.07) is 0. The molecule has 0 spiro atoms. The molecule has 8 aromatic rings. The van der Waals surface area contributed by atoms with E-state index in [-0.39, 0.29) is 71.6 Å². The van der Waals surface area contributed by atoms with Crippen LogP contribution in [0.3, 0.4) is 0 Å². The molecule has 3 aliphatic rings. The van der Waals surface area contributed by atoms with Gasteiger partial charge >= 0.3 is 63.5 Å². The molecule has 0 aliphatic heterocycles. The third kappa shape index (κ3) is 36.6. The minimum absolute atomic E-state index is 0.00640. The van der Waals surface area contributed by atoms with E-state index in [1.54, 1.807) is 0 Å². The number of aromatic nitrogens is 20. The van der Waals surface area contributed by atoms with Crippen molar-refractivity contribution in [1.29, 1.82) is 0 Å². The summed E-state index contributed by atoms with van der Waals surface area (Å²) in [4.78, 5) is 162. The number of rotatable bonds is 28. The Balaban J connectivity index is 0.000000568. The number of aliphatic imine (C=N–C) groups is 1. The minimum atomic E-state index is -1.07. The number of amides is 7. The molecule has 0 radical (unpaired) electrons. The number of nitrogens with one attached hydrogen (secondary N) is 1. The molecule has 0 fully saturated rings. The maximum atomic E-state index is 13.5. The molecule has 8 aromatic heterocycles. The molecule has 128 heavy (non-hydrogen) atoms. The summed E-state index contributed by atoms with van der Waals surface area (Å²) in [5.41, 5.74) is 8.75. The number of carbonyl (C=O) groups is 7. The number of alkyl halides is 4. The Morgan fingerprint density at radius 3 is 1.30 bits per heavy atom. The van der Waals surface area contributed by atoms with Crippen LogP contribution in [0.1, 0.15) is 204 Å². The number of imide groups is 4. The summed E-state index contributed by atoms with van der Waals surface area (Å²) in [7, 11) is 13.9. The Kier molecular flexibility index (Phi) is 54.8. The first-order chi connectivity index (χ1) is 61.4. The molecule has 0 saturated carbocycles. The first-order valence-corrected chi connectivity index (χ1v) is 42.9. The SMILES string of the molecule is C=C(C)[C@@H]1CC=C(CO)CC1.C=C(C)[C@@H]1CC=C(COC(=O)N(C(=O)CCCCCCC/C=C\C/C=C\CCCCC)C(=O)c2ncn3c(=O)n(C)nnc23)CC1.C=C(C)[C@@H]1CC=C(COC(=O)NC(=O)c2ncn3c(=O)n(C)nnc23)CC1.ClCCCl.ClCCCl.ClCl.Cn1nnc2c(C(=O)N=C=O)ncn2c1=O.Cn1nnc2c(C(N)=O)ncn2c1=O.[C-]#[O+].[C-]#[O+]. The molecular formula is C81H104Cl6N24O17. The van der Waals surface area contributed by atoms with Crippen LogP contribution in [0, 0.1) is 31.1 Å². The van der Waals surface area contributed by atoms with E-state index in [1.807, 2.05) is 26.0 Å². The van der Waals surface area contributed by atoms with Gasteiger partial charge in [0.25, 0.3) is 17.7 Å². The maximum absolute atomic E-state index is 13.5. The van der Waals surface area contributed by atoms with Crippen molar-refractivity contribution in [3.05, 3.63) is 199 Å². The Labute approximate surface area is 765 Å². The van der Waals surface area contributed by atoms with Gasteiger partial charge in [0.1, 0.15) is 38.5 Å². The van der Waals surface area contributed by atoms with E-state index in [4.69, 9.17) is 76.0 Å². The Morgan fingerprint density at radius 1 is 0.555 bits per heavy atom. The number of hydrogen-bond acceptors (Lipinski definition) is 27. The molecule has 41 nitrogen and oxygen atoms in total. The number of aliphatic hydroxyl groups excluding tert-OH is 1. The van der Waals surface area contributed by atoms with E-state index < -0.39 is 64.5 Å². The second-order valence-electron chi connectivity index (χ2n) is 28.1. The molecule has 0 saturated heterocycles. The number of isocyanates is 1. The summed E-state index contributed by atoms with van der Waals surface area (Å²) in [6.45, 7) is 29.6. The van der Waals surface area contributed by atoms with Crippen molar-refractivity contribution in [3.63, 3.8) is 0 Å². The van der Waals surface area contributed by atoms with Crippen molar-refractivity contribution in [2.75, 3.05) is 43.3 Å². The molecule has 8 heterocycles. The molecule has 3 aliphatic carbocycles. The predicted molar refractivity (Wildman–Crippen MR) is 476 cm³/mol. The molecule has 0 unspecified atom stereocenters. The van der Waals surface area contributed by atoms with Gasteiger partial charge in [0.05, 0.1) is 6.61 Å². The summed E-state index contributed by atoms with van der Waals surface area (Å²) in [5.74, 6) is -0.406. The molecule has 4 N–H and O–H groups in total. The van der Waals surface area contributed by atoms with Crippen molar-refractivity contribution in [3.8, 4) is 0 Å². The summed E-state index contributed by atoms with van der Waals surface area (Å²) in [5, 5.41) is 40.1. The van der Waals surface area contributed by atoms with Gasteiger partial charge in [0, 0.05) is 79.8 Å². The molecule has 47 heteroatoms. The van der Waals surface area contributed by atoms with E-state index in [0.717, 1.165) is 180 Å². The number of halogens is 6. The number of nitrogens with zero attached hydrogens (tertiary/aromatic N) is 22. The van der Waals surface area contributed by atoms with Crippen LogP contribution in [0.15, 0.2) is 145 Å². The van der Waals surface area contributed by atoms with Crippen LogP contribution in [0.4, 0.5) is 9.59 Å². The number of carbonyl (C=O) groups excluding carboxylic acids is 8. The van der Waals surface area contributed by atoms with Gasteiger partial charge in [-0.3, -0.25) is 29.3 Å². The fourth-order valence-electron chi connectivity index (χ4n) is 11.8. The van der Waals surface area contributed by atoms with Crippen LogP contribution in [0.2, 0.25) is 0 Å². The van der Waals surface area contributed by atoms with Gasteiger partial charge < -0.3 is 20.3 Å². The van der Waals surface area contributed by atoms with Gasteiger partial charge in [-0.1, -0.05) is 139 Å². The Bertz CT molecular complexity index is 5540. The number of allylic oxidation sites excluding steroid dienone is 10. The predicted octanol–water partition coefficient (Wildman–Crippen LogP) is 10.8. The van der Waals surface area contributed by atoms with Crippen LogP contribution in [-0.4, -0.2) is 199 Å². The van der Waals surface area contributed by atoms with Gasteiger partial charge in [-0.15, -0.1) is 71.8 Å². The number of alkyl carbamates (subject to hydrolysis) is 1. The summed E-state index contributed by atoms with van der Waals surface area (Å²) < 4.78 is 33.8. The number of primary amides is 1. The van der Waals surface area contributed by atoms with Gasteiger partial charge in [-0.05, 0) is 152 Å². The first kappa shape index (κ1) is 112. The van der Waals surface area contributed by atoms with Crippen molar-refractivity contribution in [2.24, 2.45) is 56.7 Å². The Morgan fingerprint density at radius 2 is 0.914 bits per heavy atom. The van der Waals surface area contributed by atoms with Crippen molar-refractivity contribution < 1.29 is 62.2 Å². The number of nitrogens with two attached hydrogens (primary N) is 1. The second-order valence-corrected chi connectivity index (χ2v) is 29.6. The zero-order valence-corrected chi connectivity index (χ0v) is 76.7. The molecular weight excluding hydrogens is 1790 g/mol. The third-order valence-electron chi connectivity index (χ3n) is 18.9. The van der Waals surface area contributed by atoms with Crippen molar-refractivity contribution >= 4 is 139 Å². The van der Waals surface area contributed by atoms with E-state index in [0.29, 0.717) is 52.6 Å². The summed E-state index contributed by atoms with van der Waals surface area (Å²) >= 11 is 20.2. The monoisotopic (exact) mass is 1890 g/mol. The van der Waals surface area contributed by atoms with E-state index >= 15 is 0 Å². The molecule has 7 amide bonds. The first-order valence-electron chi connectivity index (χ1n) is 39.7. The molecule has 3 atom stereocenters. The van der Waals surface area contributed by atoms with Crippen LogP contribution in [-0.2, 0) is 56.6 Å². The number of ether oxygens (including phenoxy) is 2. The molecule has 692 valence electrons. The van der Waals surface area contributed by atoms with Crippen LogP contribution < -0.4 is 33.8 Å². The number of aliphatic hydroxyl groups is 1. The van der Waals surface area contributed by atoms with Crippen LogP contribution >= 0.6 is 68.1 Å². The number of hydrogen-bond donors (Lipinski definition) is 3. The normalized spacial score (nSPS) is 14.0. The zero-order chi connectivity index (χ0) is 96.0. The van der Waals surface area contributed by atoms with E-state index in [1.165, 1.54) is 71.3 Å². The van der Waals surface area contributed by atoms with Crippen LogP contribution in [0.25, 0.3) is 22.6 Å². The molecule has 0 bridgehead atoms. The zero-order valence-electron chi connectivity index (χ0n) is 72.2. The fraction of sp³-hybridized carbons (Fsp3) is 0.481. The van der Waals surface area contributed by atoms with E-state index in [2.05, 4.69) is 170 Å². The van der Waals surface area contributed by atoms with Crippen molar-refractivity contribution in [2.45, 2.75) is 163 Å². The van der Waals surface area contributed by atoms with Gasteiger partial charge in [0.15, 0.2) is 45.4 Å². The quantitative estimate of drug-likeness (QED) is 0.00780. The molecule has 0 aromatic carbocycles. The summed E-state index contributed by atoms with van der Waals surface area (Å²) in [6.07, 6.45) is 38.6. The number of fused-ring (bicyclic) bond motifs is 4.